The number of nitrogens with two attached hydrogens (primary N) is 1. The van der Waals surface area contributed by atoms with Gasteiger partial charge in [-0.15, -0.1) is 0 Å². The van der Waals surface area contributed by atoms with Gasteiger partial charge in [-0.1, -0.05) is 13.0 Å². The molecule has 0 aliphatic carbocycles. The highest BCUT2D eigenvalue weighted by molar-refractivity contribution is 7.92. The molecule has 0 aliphatic rings. The Kier molecular flexibility index (Phi) is 3.66. The summed E-state index contributed by atoms with van der Waals surface area (Å²) in [6.45, 7) is 1.88. The number of sulfonamides is 1. The van der Waals surface area contributed by atoms with E-state index in [9.17, 15) is 8.42 Å². The summed E-state index contributed by atoms with van der Waals surface area (Å²) < 4.78 is 27.0. The molecule has 3 N–H and O–H groups in total. The quantitative estimate of drug-likeness (QED) is 0.824. The lowest BCUT2D eigenvalue weighted by molar-refractivity contribution is 0.600. The minimum atomic E-state index is -3.71. The Morgan fingerprint density at radius 3 is 2.74 bits per heavy atom. The minimum Gasteiger partial charge on any atom is -0.399 e. The molecule has 6 nitrogen and oxygen atoms in total. The molecule has 100 valence electrons. The average Bonchev–Trinajstić information content (AvgIpc) is 2.39. The zero-order valence-electron chi connectivity index (χ0n) is 10.4. The molecular weight excluding hydrogens is 264 g/mol. The van der Waals surface area contributed by atoms with E-state index in [0.717, 1.165) is 0 Å². The number of hydrogen-bond acceptors (Lipinski definition) is 5. The van der Waals surface area contributed by atoms with E-state index in [1.165, 1.54) is 24.7 Å². The number of benzene rings is 1. The molecule has 0 atom stereocenters. The van der Waals surface area contributed by atoms with Crippen molar-refractivity contribution in [3.63, 3.8) is 0 Å². The summed E-state index contributed by atoms with van der Waals surface area (Å²) in [6.07, 6.45) is 4.82. The fourth-order valence-corrected chi connectivity index (χ4v) is 3.00. The van der Waals surface area contributed by atoms with Crippen LogP contribution in [0.15, 0.2) is 41.7 Å². The van der Waals surface area contributed by atoms with E-state index in [-0.39, 0.29) is 10.7 Å². The molecule has 0 unspecified atom stereocenters. The highest BCUT2D eigenvalue weighted by Crippen LogP contribution is 2.21. The average molecular weight is 278 g/mol. The highest BCUT2D eigenvalue weighted by atomic mass is 32.2. The molecule has 2 rings (SSSR count). The second-order valence-electron chi connectivity index (χ2n) is 3.92. The number of anilines is 2. The van der Waals surface area contributed by atoms with Crippen LogP contribution >= 0.6 is 0 Å². The van der Waals surface area contributed by atoms with Gasteiger partial charge >= 0.3 is 0 Å². The maximum atomic E-state index is 12.3. The molecule has 1 heterocycles. The first kappa shape index (κ1) is 13.3. The van der Waals surface area contributed by atoms with Gasteiger partial charge in [0.15, 0.2) is 5.82 Å². The van der Waals surface area contributed by atoms with E-state index in [0.29, 0.717) is 17.7 Å². The van der Waals surface area contributed by atoms with E-state index < -0.39 is 10.0 Å². The number of hydrogen-bond donors (Lipinski definition) is 2. The van der Waals surface area contributed by atoms with Gasteiger partial charge in [0.25, 0.3) is 10.0 Å². The van der Waals surface area contributed by atoms with Gasteiger partial charge in [0.1, 0.15) is 0 Å². The maximum absolute atomic E-state index is 12.3. The van der Waals surface area contributed by atoms with Crippen molar-refractivity contribution >= 4 is 21.5 Å². The largest absolute Gasteiger partial charge is 0.399 e. The third-order valence-electron chi connectivity index (χ3n) is 2.56. The summed E-state index contributed by atoms with van der Waals surface area (Å²) in [6, 6.07) is 4.83. The van der Waals surface area contributed by atoms with Crippen LogP contribution in [0.3, 0.4) is 0 Å². The summed E-state index contributed by atoms with van der Waals surface area (Å²) in [4.78, 5) is 7.86. The zero-order valence-corrected chi connectivity index (χ0v) is 11.2. The number of nitrogen functional groups attached to an aromatic ring is 1. The van der Waals surface area contributed by atoms with E-state index >= 15 is 0 Å². The molecule has 1 aromatic heterocycles. The van der Waals surface area contributed by atoms with Crippen LogP contribution in [-0.2, 0) is 16.4 Å². The number of rotatable bonds is 4. The highest BCUT2D eigenvalue weighted by Gasteiger charge is 2.18. The lowest BCUT2D eigenvalue weighted by Crippen LogP contribution is -2.16. The number of aryl methyl sites for hydroxylation is 1. The van der Waals surface area contributed by atoms with Crippen LogP contribution in [-0.4, -0.2) is 18.4 Å². The predicted molar refractivity (Wildman–Crippen MR) is 73.1 cm³/mol. The Balaban J connectivity index is 2.42. The number of nitrogens with zero attached hydrogens (tertiary/aromatic N) is 2. The predicted octanol–water partition coefficient (Wildman–Crippen LogP) is 1.42. The smallest absolute Gasteiger partial charge is 0.263 e. The van der Waals surface area contributed by atoms with Crippen LogP contribution in [0.1, 0.15) is 12.5 Å². The fraction of sp³-hybridized carbons (Fsp3) is 0.167. The molecule has 7 heteroatoms. The van der Waals surface area contributed by atoms with E-state index in [4.69, 9.17) is 5.73 Å². The van der Waals surface area contributed by atoms with E-state index in [2.05, 4.69) is 14.7 Å². The van der Waals surface area contributed by atoms with Crippen LogP contribution in [0.4, 0.5) is 11.5 Å². The topological polar surface area (TPSA) is 98.0 Å². The van der Waals surface area contributed by atoms with Gasteiger partial charge < -0.3 is 5.73 Å². The first-order valence-corrected chi connectivity index (χ1v) is 7.18. The fourth-order valence-electron chi connectivity index (χ4n) is 1.66. The first-order valence-electron chi connectivity index (χ1n) is 5.70. The summed E-state index contributed by atoms with van der Waals surface area (Å²) >= 11 is 0. The van der Waals surface area contributed by atoms with Crippen molar-refractivity contribution in [2.75, 3.05) is 10.5 Å². The molecule has 0 amide bonds. The van der Waals surface area contributed by atoms with Crippen LogP contribution < -0.4 is 10.5 Å². The summed E-state index contributed by atoms with van der Waals surface area (Å²) in [5.74, 6) is 0.173. The Hall–Kier alpha value is -2.15. The minimum absolute atomic E-state index is 0.167. The monoisotopic (exact) mass is 278 g/mol. The van der Waals surface area contributed by atoms with Gasteiger partial charge in [0, 0.05) is 18.1 Å². The molecule has 0 saturated carbocycles. The second kappa shape index (κ2) is 5.23. The normalized spacial score (nSPS) is 11.2. The number of nitrogens with one attached hydrogen (secondary N) is 1. The van der Waals surface area contributed by atoms with Gasteiger partial charge in [-0.05, 0) is 24.1 Å². The maximum Gasteiger partial charge on any atom is 0.263 e. The lowest BCUT2D eigenvalue weighted by Gasteiger charge is -2.11. The summed E-state index contributed by atoms with van der Waals surface area (Å²) in [5, 5.41) is 0. The Morgan fingerprint density at radius 1 is 1.32 bits per heavy atom. The standard InChI is InChI=1S/C12H14N4O2S/c1-2-9-3-4-10(13)7-11(9)19(17,18)16-12-8-14-5-6-15-12/h3-8H,2,13H2,1H3,(H,15,16). The van der Waals surface area contributed by atoms with Gasteiger partial charge in [0.2, 0.25) is 0 Å². The zero-order chi connectivity index (χ0) is 13.9. The molecule has 1 aromatic carbocycles. The molecule has 0 bridgehead atoms. The molecule has 0 saturated heterocycles. The third-order valence-corrected chi connectivity index (χ3v) is 4.00. The van der Waals surface area contributed by atoms with Crippen LogP contribution in [0, 0.1) is 0 Å². The van der Waals surface area contributed by atoms with Crippen molar-refractivity contribution in [3.05, 3.63) is 42.4 Å². The molecule has 0 spiro atoms. The molecule has 2 aromatic rings. The van der Waals surface area contributed by atoms with Gasteiger partial charge in [0.05, 0.1) is 11.1 Å². The van der Waals surface area contributed by atoms with E-state index in [1.54, 1.807) is 12.1 Å². The van der Waals surface area contributed by atoms with Crippen molar-refractivity contribution in [2.45, 2.75) is 18.2 Å². The van der Waals surface area contributed by atoms with Crippen molar-refractivity contribution in [2.24, 2.45) is 0 Å². The van der Waals surface area contributed by atoms with Crippen LogP contribution in [0.25, 0.3) is 0 Å². The Labute approximate surface area is 111 Å². The van der Waals surface area contributed by atoms with Crippen LogP contribution in [0.2, 0.25) is 0 Å². The molecule has 0 radical (unpaired) electrons. The van der Waals surface area contributed by atoms with Crippen molar-refractivity contribution in [1.82, 2.24) is 9.97 Å². The third kappa shape index (κ3) is 3.00. The van der Waals surface area contributed by atoms with Crippen molar-refractivity contribution in [1.29, 1.82) is 0 Å². The van der Waals surface area contributed by atoms with E-state index in [1.807, 2.05) is 6.92 Å². The van der Waals surface area contributed by atoms with Gasteiger partial charge in [-0.25, -0.2) is 13.4 Å². The Bertz CT molecular complexity index is 671. The van der Waals surface area contributed by atoms with Crippen molar-refractivity contribution in [3.8, 4) is 0 Å². The van der Waals surface area contributed by atoms with Gasteiger partial charge in [-0.2, -0.15) is 0 Å². The van der Waals surface area contributed by atoms with Crippen LogP contribution in [0.5, 0.6) is 0 Å². The molecule has 19 heavy (non-hydrogen) atoms. The summed E-state index contributed by atoms with van der Waals surface area (Å²) in [5.41, 5.74) is 6.75. The number of aromatic nitrogens is 2. The van der Waals surface area contributed by atoms with Crippen molar-refractivity contribution < 1.29 is 8.42 Å². The summed E-state index contributed by atoms with van der Waals surface area (Å²) in [7, 11) is -3.71. The van der Waals surface area contributed by atoms with Gasteiger partial charge in [-0.3, -0.25) is 9.71 Å². The Morgan fingerprint density at radius 2 is 2.11 bits per heavy atom. The SMILES string of the molecule is CCc1ccc(N)cc1S(=O)(=O)Nc1cnccn1. The molecule has 0 aliphatic heterocycles. The second-order valence-corrected chi connectivity index (χ2v) is 5.57. The first-order chi connectivity index (χ1) is 9.03. The molecule has 0 fully saturated rings. The lowest BCUT2D eigenvalue weighted by atomic mass is 10.1. The molecular formula is C12H14N4O2S.